The van der Waals surface area contributed by atoms with Crippen LogP contribution in [0.4, 0.5) is 5.69 Å². The summed E-state index contributed by atoms with van der Waals surface area (Å²) >= 11 is 0. The standard InChI is InChI=1S/C22H26N4O2/c27-12-5-13-28-22-18-7-2-4-9-20(18)25-21(26-22)15-24-19-8-3-1-6-16(19)14-23-17-10-11-17/h1-4,6-9,17,23-24,27H,5,10-15H2. The molecule has 0 unspecified atom stereocenters. The van der Waals surface area contributed by atoms with E-state index < -0.39 is 0 Å². The summed E-state index contributed by atoms with van der Waals surface area (Å²) in [6, 6.07) is 16.8. The summed E-state index contributed by atoms with van der Waals surface area (Å²) in [4.78, 5) is 9.28. The molecule has 1 aromatic heterocycles. The predicted molar refractivity (Wildman–Crippen MR) is 110 cm³/mol. The van der Waals surface area contributed by atoms with E-state index in [2.05, 4.69) is 38.8 Å². The van der Waals surface area contributed by atoms with Crippen LogP contribution in [0.2, 0.25) is 0 Å². The number of nitrogens with zero attached hydrogens (tertiary/aromatic N) is 2. The molecule has 1 aliphatic rings. The van der Waals surface area contributed by atoms with E-state index in [4.69, 9.17) is 9.84 Å². The average molecular weight is 378 g/mol. The van der Waals surface area contributed by atoms with Gasteiger partial charge in [0.15, 0.2) is 5.82 Å². The van der Waals surface area contributed by atoms with Crippen LogP contribution in [-0.2, 0) is 13.1 Å². The summed E-state index contributed by atoms with van der Waals surface area (Å²) in [5, 5.41) is 16.9. The fourth-order valence-corrected chi connectivity index (χ4v) is 3.08. The number of anilines is 1. The van der Waals surface area contributed by atoms with Crippen LogP contribution in [0.15, 0.2) is 48.5 Å². The lowest BCUT2D eigenvalue weighted by Crippen LogP contribution is -2.17. The van der Waals surface area contributed by atoms with Gasteiger partial charge in [-0.05, 0) is 36.6 Å². The first-order chi connectivity index (χ1) is 13.8. The number of nitrogens with one attached hydrogen (secondary N) is 2. The molecule has 1 saturated carbocycles. The molecule has 0 saturated heterocycles. The van der Waals surface area contributed by atoms with Gasteiger partial charge in [-0.3, -0.25) is 0 Å². The van der Waals surface area contributed by atoms with Crippen LogP contribution < -0.4 is 15.4 Å². The van der Waals surface area contributed by atoms with Crippen molar-refractivity contribution in [2.24, 2.45) is 0 Å². The van der Waals surface area contributed by atoms with Crippen LogP contribution in [0.25, 0.3) is 10.9 Å². The molecule has 1 heterocycles. The fraction of sp³-hybridized carbons (Fsp3) is 0.364. The van der Waals surface area contributed by atoms with Crippen LogP contribution in [0.1, 0.15) is 30.7 Å². The molecule has 6 heteroatoms. The maximum absolute atomic E-state index is 9.00. The number of rotatable bonds is 10. The highest BCUT2D eigenvalue weighted by Crippen LogP contribution is 2.24. The summed E-state index contributed by atoms with van der Waals surface area (Å²) in [6.45, 7) is 1.91. The Labute approximate surface area is 165 Å². The van der Waals surface area contributed by atoms with Crippen molar-refractivity contribution in [3.05, 3.63) is 59.9 Å². The number of hydrogen-bond donors (Lipinski definition) is 3. The monoisotopic (exact) mass is 378 g/mol. The van der Waals surface area contributed by atoms with E-state index in [0.717, 1.165) is 23.1 Å². The van der Waals surface area contributed by atoms with Crippen molar-refractivity contribution in [3.63, 3.8) is 0 Å². The minimum absolute atomic E-state index is 0.100. The van der Waals surface area contributed by atoms with E-state index in [-0.39, 0.29) is 6.61 Å². The van der Waals surface area contributed by atoms with Gasteiger partial charge in [0.1, 0.15) is 0 Å². The Morgan fingerprint density at radius 3 is 2.68 bits per heavy atom. The first kappa shape index (κ1) is 18.7. The predicted octanol–water partition coefficient (Wildman–Crippen LogP) is 3.26. The molecule has 1 aliphatic carbocycles. The number of para-hydroxylation sites is 2. The molecule has 3 N–H and O–H groups in total. The highest BCUT2D eigenvalue weighted by molar-refractivity contribution is 5.83. The second kappa shape index (κ2) is 8.99. The third kappa shape index (κ3) is 4.77. The molecule has 0 bridgehead atoms. The highest BCUT2D eigenvalue weighted by Gasteiger charge is 2.20. The smallest absolute Gasteiger partial charge is 0.224 e. The maximum atomic E-state index is 9.00. The van der Waals surface area contributed by atoms with Gasteiger partial charge < -0.3 is 20.5 Å². The minimum Gasteiger partial charge on any atom is -0.477 e. The van der Waals surface area contributed by atoms with Gasteiger partial charge in [-0.1, -0.05) is 30.3 Å². The second-order valence-corrected chi connectivity index (χ2v) is 7.05. The zero-order chi connectivity index (χ0) is 19.2. The SMILES string of the molecule is OCCCOc1nc(CNc2ccccc2CNC2CC2)nc2ccccc12. The topological polar surface area (TPSA) is 79.3 Å². The fourth-order valence-electron chi connectivity index (χ4n) is 3.08. The van der Waals surface area contributed by atoms with Gasteiger partial charge in [0.25, 0.3) is 0 Å². The highest BCUT2D eigenvalue weighted by atomic mass is 16.5. The first-order valence-corrected chi connectivity index (χ1v) is 9.88. The Balaban J connectivity index is 1.50. The van der Waals surface area contributed by atoms with E-state index in [0.29, 0.717) is 37.3 Å². The van der Waals surface area contributed by atoms with E-state index in [1.807, 2.05) is 30.3 Å². The molecule has 3 aromatic rings. The Morgan fingerprint density at radius 2 is 1.82 bits per heavy atom. The number of fused-ring (bicyclic) bond motifs is 1. The van der Waals surface area contributed by atoms with Gasteiger partial charge in [-0.25, -0.2) is 4.98 Å². The molecule has 2 aromatic carbocycles. The Morgan fingerprint density at radius 1 is 1.00 bits per heavy atom. The van der Waals surface area contributed by atoms with Gasteiger partial charge in [0.05, 0.1) is 24.1 Å². The van der Waals surface area contributed by atoms with E-state index in [9.17, 15) is 0 Å². The van der Waals surface area contributed by atoms with Crippen LogP contribution >= 0.6 is 0 Å². The van der Waals surface area contributed by atoms with Crippen LogP contribution in [-0.4, -0.2) is 34.3 Å². The molecule has 146 valence electrons. The zero-order valence-electron chi connectivity index (χ0n) is 15.9. The second-order valence-electron chi connectivity index (χ2n) is 7.05. The lowest BCUT2D eigenvalue weighted by Gasteiger charge is -2.13. The molecule has 6 nitrogen and oxygen atoms in total. The summed E-state index contributed by atoms with van der Waals surface area (Å²) < 4.78 is 5.80. The summed E-state index contributed by atoms with van der Waals surface area (Å²) in [6.07, 6.45) is 3.13. The minimum atomic E-state index is 0.100. The van der Waals surface area contributed by atoms with Crippen molar-refractivity contribution < 1.29 is 9.84 Å². The number of hydrogen-bond acceptors (Lipinski definition) is 6. The number of benzene rings is 2. The van der Waals surface area contributed by atoms with Crippen LogP contribution in [0, 0.1) is 0 Å². The zero-order valence-corrected chi connectivity index (χ0v) is 15.9. The Kier molecular flexibility index (Phi) is 5.99. The number of aliphatic hydroxyl groups excluding tert-OH is 1. The molecular weight excluding hydrogens is 352 g/mol. The van der Waals surface area contributed by atoms with Crippen molar-refractivity contribution in [1.29, 1.82) is 0 Å². The normalized spacial score (nSPS) is 13.6. The van der Waals surface area contributed by atoms with Crippen molar-refractivity contribution in [3.8, 4) is 5.88 Å². The lowest BCUT2D eigenvalue weighted by molar-refractivity contribution is 0.230. The van der Waals surface area contributed by atoms with Crippen molar-refractivity contribution >= 4 is 16.6 Å². The van der Waals surface area contributed by atoms with Gasteiger partial charge in [0, 0.05) is 31.3 Å². The molecule has 0 amide bonds. The molecule has 0 spiro atoms. The van der Waals surface area contributed by atoms with Crippen LogP contribution in [0.5, 0.6) is 5.88 Å². The average Bonchev–Trinajstić information content (AvgIpc) is 3.56. The lowest BCUT2D eigenvalue weighted by atomic mass is 10.1. The van der Waals surface area contributed by atoms with Crippen LogP contribution in [0.3, 0.4) is 0 Å². The number of aliphatic hydroxyl groups is 1. The Bertz CT molecular complexity index is 927. The third-order valence-corrected chi connectivity index (χ3v) is 4.77. The molecule has 4 rings (SSSR count). The molecular formula is C22H26N4O2. The van der Waals surface area contributed by atoms with Crippen molar-refractivity contribution in [2.75, 3.05) is 18.5 Å². The molecule has 0 aliphatic heterocycles. The van der Waals surface area contributed by atoms with Crippen molar-refractivity contribution in [1.82, 2.24) is 15.3 Å². The summed E-state index contributed by atoms with van der Waals surface area (Å²) in [5.41, 5.74) is 3.20. The van der Waals surface area contributed by atoms with E-state index >= 15 is 0 Å². The van der Waals surface area contributed by atoms with Gasteiger partial charge in [-0.15, -0.1) is 0 Å². The van der Waals surface area contributed by atoms with E-state index in [1.165, 1.54) is 18.4 Å². The molecule has 28 heavy (non-hydrogen) atoms. The van der Waals surface area contributed by atoms with Crippen molar-refractivity contribution in [2.45, 2.75) is 38.4 Å². The van der Waals surface area contributed by atoms with E-state index in [1.54, 1.807) is 0 Å². The summed E-state index contributed by atoms with van der Waals surface area (Å²) in [7, 11) is 0. The quantitative estimate of drug-likeness (QED) is 0.470. The molecule has 1 fully saturated rings. The third-order valence-electron chi connectivity index (χ3n) is 4.77. The van der Waals surface area contributed by atoms with Gasteiger partial charge in [0.2, 0.25) is 5.88 Å². The first-order valence-electron chi connectivity index (χ1n) is 9.88. The van der Waals surface area contributed by atoms with Gasteiger partial charge >= 0.3 is 0 Å². The van der Waals surface area contributed by atoms with Gasteiger partial charge in [-0.2, -0.15) is 4.98 Å². The Hall–Kier alpha value is -2.70. The number of aromatic nitrogens is 2. The maximum Gasteiger partial charge on any atom is 0.224 e. The largest absolute Gasteiger partial charge is 0.477 e. The number of ether oxygens (including phenoxy) is 1. The molecule has 0 atom stereocenters. The summed E-state index contributed by atoms with van der Waals surface area (Å²) in [5.74, 6) is 1.25. The molecule has 0 radical (unpaired) electrons.